The summed E-state index contributed by atoms with van der Waals surface area (Å²) >= 11 is 3.38. The molecule has 168 valence electrons. The molecule has 1 fully saturated rings. The highest BCUT2D eigenvalue weighted by atomic mass is 79.9. The predicted molar refractivity (Wildman–Crippen MR) is 116 cm³/mol. The first kappa shape index (κ1) is 23.2. The van der Waals surface area contributed by atoms with Crippen LogP contribution in [0.4, 0.5) is 9.18 Å². The lowest BCUT2D eigenvalue weighted by molar-refractivity contribution is -0.125. The molecule has 0 unspecified atom stereocenters. The Bertz CT molecular complexity index is 899. The molecule has 10 heteroatoms. The molecule has 0 saturated heterocycles. The number of hydrogen-bond donors (Lipinski definition) is 3. The number of carbonyl (C=O) groups is 3. The van der Waals surface area contributed by atoms with Gasteiger partial charge in [0, 0.05) is 23.0 Å². The van der Waals surface area contributed by atoms with Gasteiger partial charge in [-0.15, -0.1) is 0 Å². The average molecular weight is 497 g/mol. The van der Waals surface area contributed by atoms with Gasteiger partial charge in [-0.3, -0.25) is 9.59 Å². The highest BCUT2D eigenvalue weighted by Gasteiger charge is 2.46. The minimum atomic E-state index is -0.864. The van der Waals surface area contributed by atoms with Crippen LogP contribution >= 0.6 is 15.9 Å². The van der Waals surface area contributed by atoms with Crippen LogP contribution in [0.25, 0.3) is 0 Å². The first-order valence-electron chi connectivity index (χ1n) is 10.2. The van der Waals surface area contributed by atoms with E-state index in [2.05, 4.69) is 37.1 Å². The van der Waals surface area contributed by atoms with E-state index in [1.54, 1.807) is 6.07 Å². The zero-order valence-electron chi connectivity index (χ0n) is 17.5. The molecule has 1 aromatic carbocycles. The molecule has 1 aromatic rings. The number of halogens is 2. The van der Waals surface area contributed by atoms with Gasteiger partial charge in [0.05, 0.1) is 6.54 Å². The second-order valence-electron chi connectivity index (χ2n) is 8.14. The molecule has 8 nitrogen and oxygen atoms in total. The molecule has 1 aliphatic heterocycles. The van der Waals surface area contributed by atoms with Gasteiger partial charge in [-0.1, -0.05) is 15.9 Å². The normalized spacial score (nSPS) is 23.9. The summed E-state index contributed by atoms with van der Waals surface area (Å²) in [6.45, 7) is 3.26. The van der Waals surface area contributed by atoms with Crippen molar-refractivity contribution in [2.75, 3.05) is 6.54 Å². The minimum Gasteiger partial charge on any atom is -0.435 e. The maximum Gasteiger partial charge on any atom is 0.428 e. The third-order valence-corrected chi connectivity index (χ3v) is 6.33. The molecule has 0 radical (unpaired) electrons. The van der Waals surface area contributed by atoms with E-state index in [1.807, 2.05) is 6.92 Å². The second-order valence-corrected chi connectivity index (χ2v) is 8.99. The summed E-state index contributed by atoms with van der Waals surface area (Å²) in [6.07, 6.45) is 2.93. The lowest BCUT2D eigenvalue weighted by Gasteiger charge is -2.42. The molecule has 1 spiro atoms. The number of rotatable bonds is 6. The van der Waals surface area contributed by atoms with Gasteiger partial charge < -0.3 is 15.4 Å². The number of nitrogens with zero attached hydrogens (tertiary/aromatic N) is 1. The Morgan fingerprint density at radius 1 is 1.39 bits per heavy atom. The Kier molecular flexibility index (Phi) is 7.30. The number of benzene rings is 1. The predicted octanol–water partition coefficient (Wildman–Crippen LogP) is 2.99. The zero-order chi connectivity index (χ0) is 22.6. The quantitative estimate of drug-likeness (QED) is 0.562. The van der Waals surface area contributed by atoms with Crippen LogP contribution in [0.15, 0.2) is 27.8 Å². The van der Waals surface area contributed by atoms with E-state index in [4.69, 9.17) is 4.74 Å². The summed E-state index contributed by atoms with van der Waals surface area (Å²) in [6, 6.07) is 4.29. The van der Waals surface area contributed by atoms with Gasteiger partial charge in [-0.05, 0) is 63.1 Å². The number of nitrogens with one attached hydrogen (secondary N) is 3. The van der Waals surface area contributed by atoms with Crippen LogP contribution in [0.1, 0.15) is 51.5 Å². The van der Waals surface area contributed by atoms with Gasteiger partial charge >= 0.3 is 6.09 Å². The highest BCUT2D eigenvalue weighted by Crippen LogP contribution is 2.41. The molecule has 0 bridgehead atoms. The summed E-state index contributed by atoms with van der Waals surface area (Å²) in [5, 5.41) is 9.63. The van der Waals surface area contributed by atoms with Gasteiger partial charge in [0.2, 0.25) is 11.8 Å². The van der Waals surface area contributed by atoms with Gasteiger partial charge in [0.1, 0.15) is 11.5 Å². The van der Waals surface area contributed by atoms with Crippen molar-refractivity contribution in [1.29, 1.82) is 0 Å². The van der Waals surface area contributed by atoms with Crippen LogP contribution in [0.3, 0.4) is 0 Å². The van der Waals surface area contributed by atoms with Gasteiger partial charge in [-0.2, -0.15) is 5.10 Å². The Morgan fingerprint density at radius 2 is 2.10 bits per heavy atom. The molecular weight excluding hydrogens is 471 g/mol. The molecule has 2 aliphatic rings. The topological polar surface area (TPSA) is 109 Å². The molecule has 31 heavy (non-hydrogen) atoms. The third-order valence-electron chi connectivity index (χ3n) is 5.67. The van der Waals surface area contributed by atoms with Crippen molar-refractivity contribution in [3.05, 3.63) is 34.1 Å². The largest absolute Gasteiger partial charge is 0.435 e. The number of hydrogen-bond acceptors (Lipinski definition) is 5. The van der Waals surface area contributed by atoms with Gasteiger partial charge in [0.15, 0.2) is 5.60 Å². The fourth-order valence-corrected chi connectivity index (χ4v) is 4.79. The maximum atomic E-state index is 13.5. The SMILES string of the molecule is CC(=O)NCC(=O)N[C@@H](C)CC1CCC2(CC1)OC(=O)NN=C2c1ccc(F)cc1Br. The summed E-state index contributed by atoms with van der Waals surface area (Å²) < 4.78 is 19.8. The number of carbonyl (C=O) groups excluding carboxylic acids is 3. The fourth-order valence-electron chi connectivity index (χ4n) is 4.25. The fraction of sp³-hybridized carbons (Fsp3) is 0.524. The van der Waals surface area contributed by atoms with E-state index in [1.165, 1.54) is 19.1 Å². The van der Waals surface area contributed by atoms with Gasteiger partial charge in [0.25, 0.3) is 0 Å². The average Bonchev–Trinajstić information content (AvgIpc) is 2.69. The molecule has 3 amide bonds. The Labute approximate surface area is 188 Å². The Morgan fingerprint density at radius 3 is 2.74 bits per heavy atom. The van der Waals surface area contributed by atoms with Crippen LogP contribution in [0, 0.1) is 11.7 Å². The van der Waals surface area contributed by atoms with Crippen LogP contribution < -0.4 is 16.1 Å². The molecule has 3 N–H and O–H groups in total. The summed E-state index contributed by atoms with van der Waals surface area (Å²) in [5.41, 5.74) is 2.76. The van der Waals surface area contributed by atoms with Crippen LogP contribution in [-0.2, 0) is 14.3 Å². The number of ether oxygens (including phenoxy) is 1. The number of hydrazone groups is 1. The van der Waals surface area contributed by atoms with E-state index >= 15 is 0 Å². The molecule has 1 atom stereocenters. The monoisotopic (exact) mass is 496 g/mol. The van der Waals surface area contributed by atoms with Crippen LogP contribution in [0.2, 0.25) is 0 Å². The van der Waals surface area contributed by atoms with Gasteiger partial charge in [-0.25, -0.2) is 14.6 Å². The standard InChI is InChI=1S/C21H26BrFN4O4/c1-12(25-18(29)11-24-13(2)28)9-14-5-7-21(8-6-14)19(26-27-20(30)31-21)16-4-3-15(23)10-17(16)22/h3-4,10,12,14H,5-9,11H2,1-2H3,(H,24,28)(H,25,29)(H,27,30)/t12-,14?,21?/m0/s1. The van der Waals surface area contributed by atoms with Crippen molar-refractivity contribution >= 4 is 39.5 Å². The van der Waals surface area contributed by atoms with E-state index in [9.17, 15) is 18.8 Å². The molecule has 3 rings (SSSR count). The van der Waals surface area contributed by atoms with Crippen molar-refractivity contribution in [1.82, 2.24) is 16.1 Å². The van der Waals surface area contributed by atoms with Crippen molar-refractivity contribution in [3.8, 4) is 0 Å². The minimum absolute atomic E-state index is 0.0389. The van der Waals surface area contributed by atoms with Crippen molar-refractivity contribution < 1.29 is 23.5 Å². The molecule has 1 saturated carbocycles. The molecule has 1 aliphatic carbocycles. The second kappa shape index (κ2) is 9.76. The summed E-state index contributed by atoms with van der Waals surface area (Å²) in [7, 11) is 0. The Hall–Kier alpha value is -2.49. The van der Waals surface area contributed by atoms with E-state index in [-0.39, 0.29) is 30.2 Å². The van der Waals surface area contributed by atoms with E-state index in [0.717, 1.165) is 19.3 Å². The molecular formula is C21H26BrFN4O4. The highest BCUT2D eigenvalue weighted by molar-refractivity contribution is 9.10. The van der Waals surface area contributed by atoms with E-state index < -0.39 is 11.7 Å². The first-order valence-corrected chi connectivity index (χ1v) is 11.0. The first-order chi connectivity index (χ1) is 14.7. The molecule has 1 heterocycles. The van der Waals surface area contributed by atoms with Crippen molar-refractivity contribution in [2.45, 2.75) is 57.6 Å². The van der Waals surface area contributed by atoms with Crippen LogP contribution in [-0.4, -0.2) is 41.8 Å². The zero-order valence-corrected chi connectivity index (χ0v) is 19.1. The molecule has 0 aromatic heterocycles. The Balaban J connectivity index is 1.63. The summed E-state index contributed by atoms with van der Waals surface area (Å²) in [4.78, 5) is 34.8. The maximum absolute atomic E-state index is 13.5. The smallest absolute Gasteiger partial charge is 0.428 e. The summed E-state index contributed by atoms with van der Waals surface area (Å²) in [5.74, 6) is -0.502. The number of amides is 3. The lowest BCUT2D eigenvalue weighted by atomic mass is 9.73. The third kappa shape index (κ3) is 5.81. The van der Waals surface area contributed by atoms with Crippen molar-refractivity contribution in [3.63, 3.8) is 0 Å². The van der Waals surface area contributed by atoms with E-state index in [0.29, 0.717) is 34.5 Å². The lowest BCUT2D eigenvalue weighted by Crippen LogP contribution is -2.52. The van der Waals surface area contributed by atoms with Crippen molar-refractivity contribution in [2.24, 2.45) is 11.0 Å². The van der Waals surface area contributed by atoms with Crippen LogP contribution in [0.5, 0.6) is 0 Å².